The number of carbonyl (C=O) groups is 1. The highest BCUT2D eigenvalue weighted by Crippen LogP contribution is 2.22. The molecular weight excluding hydrogens is 330 g/mol. The van der Waals surface area contributed by atoms with Gasteiger partial charge in [0.25, 0.3) is 0 Å². The summed E-state index contributed by atoms with van der Waals surface area (Å²) >= 11 is 0. The van der Waals surface area contributed by atoms with Crippen molar-refractivity contribution in [3.8, 4) is 0 Å². The zero-order valence-corrected chi connectivity index (χ0v) is 15.0. The molecule has 7 nitrogen and oxygen atoms in total. The molecule has 0 aliphatic rings. The van der Waals surface area contributed by atoms with E-state index in [9.17, 15) is 13.2 Å². The summed E-state index contributed by atoms with van der Waals surface area (Å²) in [5.41, 5.74) is 1.26. The van der Waals surface area contributed by atoms with E-state index in [0.717, 1.165) is 9.87 Å². The third-order valence-corrected chi connectivity index (χ3v) is 5.73. The molecule has 0 aliphatic heterocycles. The van der Waals surface area contributed by atoms with Crippen LogP contribution in [0.2, 0.25) is 0 Å². The molecule has 0 saturated carbocycles. The monoisotopic (exact) mass is 351 g/mol. The average molecular weight is 351 g/mol. The maximum Gasteiger partial charge on any atom is 0.248 e. The van der Waals surface area contributed by atoms with E-state index in [1.54, 1.807) is 14.0 Å². The molecule has 1 aromatic carbocycles. The van der Waals surface area contributed by atoms with Crippen LogP contribution in [0.15, 0.2) is 39.8 Å². The molecule has 1 amide bonds. The lowest BCUT2D eigenvalue weighted by atomic mass is 10.2. The third kappa shape index (κ3) is 3.82. The summed E-state index contributed by atoms with van der Waals surface area (Å²) < 4.78 is 31.1. The molecule has 0 unspecified atom stereocenters. The van der Waals surface area contributed by atoms with Gasteiger partial charge >= 0.3 is 0 Å². The Morgan fingerprint density at radius 2 is 1.79 bits per heavy atom. The first-order chi connectivity index (χ1) is 11.2. The lowest BCUT2D eigenvalue weighted by Gasteiger charge is -2.21. The van der Waals surface area contributed by atoms with Crippen molar-refractivity contribution in [2.75, 3.05) is 20.6 Å². The molecule has 24 heavy (non-hydrogen) atoms. The van der Waals surface area contributed by atoms with Crippen LogP contribution in [0.25, 0.3) is 0 Å². The molecule has 0 N–H and O–H groups in total. The standard InChI is InChI=1S/C16H21N3O4S/c1-12-16(13(2)23-17-12)24(21,22)19(4)11-15(20)18(3)10-14-8-6-5-7-9-14/h5-9H,10-11H2,1-4H3. The van der Waals surface area contributed by atoms with E-state index in [-0.39, 0.29) is 28.8 Å². The number of hydrogen-bond acceptors (Lipinski definition) is 5. The number of aryl methyl sites for hydroxylation is 2. The van der Waals surface area contributed by atoms with Gasteiger partial charge in [0, 0.05) is 20.6 Å². The minimum Gasteiger partial charge on any atom is -0.360 e. The lowest BCUT2D eigenvalue weighted by molar-refractivity contribution is -0.130. The van der Waals surface area contributed by atoms with Gasteiger partial charge < -0.3 is 9.42 Å². The number of nitrogens with zero attached hydrogens (tertiary/aromatic N) is 3. The molecule has 2 aromatic rings. The normalized spacial score (nSPS) is 11.7. The number of benzene rings is 1. The first-order valence-electron chi connectivity index (χ1n) is 7.40. The molecule has 0 aliphatic carbocycles. The van der Waals surface area contributed by atoms with E-state index in [1.807, 2.05) is 30.3 Å². The molecule has 0 spiro atoms. The molecule has 0 saturated heterocycles. The largest absolute Gasteiger partial charge is 0.360 e. The van der Waals surface area contributed by atoms with Crippen molar-refractivity contribution in [2.45, 2.75) is 25.3 Å². The third-order valence-electron chi connectivity index (χ3n) is 3.68. The van der Waals surface area contributed by atoms with Crippen LogP contribution in [-0.4, -0.2) is 49.3 Å². The number of amides is 1. The maximum absolute atomic E-state index is 12.6. The van der Waals surface area contributed by atoms with Crippen molar-refractivity contribution < 1.29 is 17.7 Å². The van der Waals surface area contributed by atoms with Gasteiger partial charge in [-0.1, -0.05) is 35.5 Å². The van der Waals surface area contributed by atoms with Crippen LogP contribution in [-0.2, 0) is 21.4 Å². The van der Waals surface area contributed by atoms with E-state index in [4.69, 9.17) is 4.52 Å². The highest BCUT2D eigenvalue weighted by molar-refractivity contribution is 7.89. The topological polar surface area (TPSA) is 83.7 Å². The second-order valence-electron chi connectivity index (χ2n) is 5.65. The van der Waals surface area contributed by atoms with Gasteiger partial charge in [-0.15, -0.1) is 0 Å². The predicted molar refractivity (Wildman–Crippen MR) is 88.7 cm³/mol. The summed E-state index contributed by atoms with van der Waals surface area (Å²) in [6.45, 7) is 3.25. The fourth-order valence-electron chi connectivity index (χ4n) is 2.34. The Morgan fingerprint density at radius 3 is 2.33 bits per heavy atom. The van der Waals surface area contributed by atoms with E-state index < -0.39 is 10.0 Å². The van der Waals surface area contributed by atoms with E-state index in [1.165, 1.54) is 18.9 Å². The Kier molecular flexibility index (Phi) is 5.40. The Balaban J connectivity index is 2.08. The van der Waals surface area contributed by atoms with Gasteiger partial charge in [-0.05, 0) is 19.4 Å². The number of sulfonamides is 1. The van der Waals surface area contributed by atoms with Gasteiger partial charge in [-0.3, -0.25) is 4.79 Å². The summed E-state index contributed by atoms with van der Waals surface area (Å²) in [5.74, 6) is -0.0823. The van der Waals surface area contributed by atoms with Crippen LogP contribution in [0.4, 0.5) is 0 Å². The number of likely N-dealkylation sites (N-methyl/N-ethyl adjacent to an activating group) is 2. The van der Waals surface area contributed by atoms with Crippen LogP contribution < -0.4 is 0 Å². The van der Waals surface area contributed by atoms with Crippen LogP contribution in [0.5, 0.6) is 0 Å². The van der Waals surface area contributed by atoms with Crippen LogP contribution in [0.1, 0.15) is 17.0 Å². The zero-order valence-electron chi connectivity index (χ0n) is 14.2. The van der Waals surface area contributed by atoms with Crippen molar-refractivity contribution in [1.82, 2.24) is 14.4 Å². The molecule has 1 aromatic heterocycles. The minimum absolute atomic E-state index is 0.0171. The van der Waals surface area contributed by atoms with Crippen molar-refractivity contribution in [1.29, 1.82) is 0 Å². The van der Waals surface area contributed by atoms with Crippen molar-refractivity contribution in [3.05, 3.63) is 47.3 Å². The summed E-state index contributed by atoms with van der Waals surface area (Å²) in [6, 6.07) is 9.50. The van der Waals surface area contributed by atoms with E-state index >= 15 is 0 Å². The number of hydrogen-bond donors (Lipinski definition) is 0. The molecule has 1 heterocycles. The van der Waals surface area contributed by atoms with Crippen molar-refractivity contribution in [2.24, 2.45) is 0 Å². The molecule has 8 heteroatoms. The zero-order chi connectivity index (χ0) is 17.9. The number of carbonyl (C=O) groups excluding carboxylic acids is 1. The highest BCUT2D eigenvalue weighted by Gasteiger charge is 2.30. The molecule has 0 radical (unpaired) electrons. The van der Waals surface area contributed by atoms with Crippen molar-refractivity contribution in [3.63, 3.8) is 0 Å². The van der Waals surface area contributed by atoms with Gasteiger partial charge in [0.15, 0.2) is 5.76 Å². The number of aromatic nitrogens is 1. The van der Waals surface area contributed by atoms with E-state index in [2.05, 4.69) is 5.16 Å². The first kappa shape index (κ1) is 18.2. The van der Waals surface area contributed by atoms with Gasteiger partial charge in [0.1, 0.15) is 10.6 Å². The van der Waals surface area contributed by atoms with Crippen LogP contribution in [0, 0.1) is 13.8 Å². The molecule has 130 valence electrons. The fraction of sp³-hybridized carbons (Fsp3) is 0.375. The molecular formula is C16H21N3O4S. The van der Waals surface area contributed by atoms with Crippen LogP contribution >= 0.6 is 0 Å². The molecule has 2 rings (SSSR count). The van der Waals surface area contributed by atoms with E-state index in [0.29, 0.717) is 6.54 Å². The molecule has 0 bridgehead atoms. The summed E-state index contributed by atoms with van der Waals surface area (Å²) in [4.78, 5) is 13.8. The fourth-order valence-corrected chi connectivity index (χ4v) is 3.74. The lowest BCUT2D eigenvalue weighted by Crippen LogP contribution is -2.39. The SMILES string of the molecule is Cc1noc(C)c1S(=O)(=O)N(C)CC(=O)N(C)Cc1ccccc1. The smallest absolute Gasteiger partial charge is 0.248 e. The summed E-state index contributed by atoms with van der Waals surface area (Å²) in [6.07, 6.45) is 0. The first-order valence-corrected chi connectivity index (χ1v) is 8.84. The average Bonchev–Trinajstić information content (AvgIpc) is 2.87. The predicted octanol–water partition coefficient (Wildman–Crippen LogP) is 1.57. The number of rotatable bonds is 6. The maximum atomic E-state index is 12.6. The second-order valence-corrected chi connectivity index (χ2v) is 7.63. The quantitative estimate of drug-likeness (QED) is 0.789. The Bertz CT molecular complexity index is 796. The summed E-state index contributed by atoms with van der Waals surface area (Å²) in [7, 11) is -0.814. The highest BCUT2D eigenvalue weighted by atomic mass is 32.2. The van der Waals surface area contributed by atoms with Gasteiger partial charge in [0.2, 0.25) is 15.9 Å². The van der Waals surface area contributed by atoms with Crippen LogP contribution in [0.3, 0.4) is 0 Å². The van der Waals surface area contributed by atoms with Gasteiger partial charge in [-0.2, -0.15) is 4.31 Å². The molecule has 0 fully saturated rings. The van der Waals surface area contributed by atoms with Gasteiger partial charge in [0.05, 0.1) is 6.54 Å². The van der Waals surface area contributed by atoms with Crippen molar-refractivity contribution >= 4 is 15.9 Å². The second kappa shape index (κ2) is 7.14. The summed E-state index contributed by atoms with van der Waals surface area (Å²) in [5, 5.41) is 3.66. The Hall–Kier alpha value is -2.19. The molecule has 0 atom stereocenters. The Labute approximate surface area is 141 Å². The van der Waals surface area contributed by atoms with Gasteiger partial charge in [-0.25, -0.2) is 8.42 Å². The minimum atomic E-state index is -3.83. The Morgan fingerprint density at radius 1 is 1.17 bits per heavy atom.